The van der Waals surface area contributed by atoms with Crippen LogP contribution in [0.3, 0.4) is 0 Å². The monoisotopic (exact) mass is 356 g/mol. The average molecular weight is 356 g/mol. The van der Waals surface area contributed by atoms with Gasteiger partial charge in [-0.1, -0.05) is 48.5 Å². The third-order valence-corrected chi connectivity index (χ3v) is 7.15. The van der Waals surface area contributed by atoms with Crippen LogP contribution in [-0.2, 0) is 16.4 Å². The molecular weight excluding hydrogens is 332 g/mol. The van der Waals surface area contributed by atoms with Crippen molar-refractivity contribution in [2.45, 2.75) is 36.2 Å². The molecule has 1 saturated heterocycles. The molecule has 1 aliphatic carbocycles. The van der Waals surface area contributed by atoms with E-state index in [1.54, 1.807) is 28.6 Å². The van der Waals surface area contributed by atoms with Crippen LogP contribution >= 0.6 is 0 Å². The summed E-state index contributed by atoms with van der Waals surface area (Å²) >= 11 is 0. The molecule has 0 unspecified atom stereocenters. The molecule has 0 radical (unpaired) electrons. The minimum Gasteiger partial charge on any atom is -0.297 e. The van der Waals surface area contributed by atoms with Gasteiger partial charge in [0.05, 0.1) is 4.90 Å². The average Bonchev–Trinajstić information content (AvgIpc) is 3.48. The zero-order chi connectivity index (χ0) is 17.3. The summed E-state index contributed by atoms with van der Waals surface area (Å²) in [7, 11) is -3.45. The van der Waals surface area contributed by atoms with Crippen molar-refractivity contribution < 1.29 is 8.42 Å². The molecule has 1 saturated carbocycles. The molecule has 2 aromatic carbocycles. The standard InChI is InChI=1S/C20H24N2O2S/c23-25(24,20-9-5-2-6-10-20)22-14-13-21(18-11-12-18)16-19(22)15-17-7-3-1-4-8-17/h1-10,18-19H,11-16H2/t19-/m1/s1. The summed E-state index contributed by atoms with van der Waals surface area (Å²) < 4.78 is 28.1. The van der Waals surface area contributed by atoms with Gasteiger partial charge in [0.1, 0.15) is 0 Å². The first-order valence-electron chi connectivity index (χ1n) is 8.99. The molecule has 0 amide bonds. The predicted octanol–water partition coefficient (Wildman–Crippen LogP) is 2.77. The van der Waals surface area contributed by atoms with E-state index in [-0.39, 0.29) is 6.04 Å². The summed E-state index contributed by atoms with van der Waals surface area (Å²) in [4.78, 5) is 2.87. The summed E-state index contributed by atoms with van der Waals surface area (Å²) in [6.07, 6.45) is 3.27. The minimum atomic E-state index is -3.45. The zero-order valence-electron chi connectivity index (χ0n) is 14.3. The molecule has 1 atom stereocenters. The Hall–Kier alpha value is -1.69. The van der Waals surface area contributed by atoms with Crippen LogP contribution in [0.2, 0.25) is 0 Å². The highest BCUT2D eigenvalue weighted by Crippen LogP contribution is 2.31. The van der Waals surface area contributed by atoms with Crippen LogP contribution < -0.4 is 0 Å². The van der Waals surface area contributed by atoms with E-state index in [9.17, 15) is 8.42 Å². The van der Waals surface area contributed by atoms with Gasteiger partial charge >= 0.3 is 0 Å². The van der Waals surface area contributed by atoms with E-state index in [0.29, 0.717) is 17.5 Å². The Morgan fingerprint density at radius 2 is 1.52 bits per heavy atom. The summed E-state index contributed by atoms with van der Waals surface area (Å²) in [5.41, 5.74) is 1.19. The second kappa shape index (κ2) is 6.90. The second-order valence-electron chi connectivity index (χ2n) is 7.00. The van der Waals surface area contributed by atoms with Crippen molar-refractivity contribution in [1.82, 2.24) is 9.21 Å². The molecule has 4 nitrogen and oxygen atoms in total. The Labute approximate surface area is 150 Å². The molecule has 132 valence electrons. The molecule has 4 rings (SSSR count). The number of benzene rings is 2. The van der Waals surface area contributed by atoms with Gasteiger partial charge in [-0.3, -0.25) is 4.90 Å². The maximum atomic E-state index is 13.2. The third kappa shape index (κ3) is 3.64. The molecule has 2 aromatic rings. The first-order valence-corrected chi connectivity index (χ1v) is 10.4. The Kier molecular flexibility index (Phi) is 4.63. The topological polar surface area (TPSA) is 40.6 Å². The van der Waals surface area contributed by atoms with Gasteiger partial charge < -0.3 is 0 Å². The van der Waals surface area contributed by atoms with Crippen LogP contribution in [0.15, 0.2) is 65.6 Å². The zero-order valence-corrected chi connectivity index (χ0v) is 15.1. The molecule has 2 fully saturated rings. The van der Waals surface area contributed by atoms with E-state index >= 15 is 0 Å². The minimum absolute atomic E-state index is 0.0121. The number of hydrogen-bond donors (Lipinski definition) is 0. The predicted molar refractivity (Wildman–Crippen MR) is 98.9 cm³/mol. The smallest absolute Gasteiger partial charge is 0.243 e. The fourth-order valence-electron chi connectivity index (χ4n) is 3.73. The van der Waals surface area contributed by atoms with Gasteiger partial charge in [0, 0.05) is 31.7 Å². The number of sulfonamides is 1. The fourth-order valence-corrected chi connectivity index (χ4v) is 5.36. The number of rotatable bonds is 5. The van der Waals surface area contributed by atoms with Gasteiger partial charge in [-0.05, 0) is 37.0 Å². The second-order valence-corrected chi connectivity index (χ2v) is 8.89. The van der Waals surface area contributed by atoms with E-state index in [4.69, 9.17) is 0 Å². The van der Waals surface area contributed by atoms with Crippen molar-refractivity contribution in [3.8, 4) is 0 Å². The first kappa shape index (κ1) is 16.8. The highest BCUT2D eigenvalue weighted by molar-refractivity contribution is 7.89. The lowest BCUT2D eigenvalue weighted by molar-refractivity contribution is 0.128. The molecule has 1 heterocycles. The quantitative estimate of drug-likeness (QED) is 0.827. The lowest BCUT2D eigenvalue weighted by atomic mass is 10.0. The summed E-state index contributed by atoms with van der Waals surface area (Å²) in [5, 5.41) is 0. The van der Waals surface area contributed by atoms with Crippen LogP contribution in [0, 0.1) is 0 Å². The van der Waals surface area contributed by atoms with Crippen LogP contribution in [0.5, 0.6) is 0 Å². The number of piperazine rings is 1. The lowest BCUT2D eigenvalue weighted by Crippen LogP contribution is -2.56. The number of nitrogens with zero attached hydrogens (tertiary/aromatic N) is 2. The Balaban J connectivity index is 1.62. The largest absolute Gasteiger partial charge is 0.297 e. The van der Waals surface area contributed by atoms with Gasteiger partial charge in [0.25, 0.3) is 0 Å². The number of hydrogen-bond acceptors (Lipinski definition) is 3. The van der Waals surface area contributed by atoms with Crippen LogP contribution in [0.25, 0.3) is 0 Å². The van der Waals surface area contributed by atoms with Crippen LogP contribution in [-0.4, -0.2) is 49.3 Å². The van der Waals surface area contributed by atoms with E-state index in [2.05, 4.69) is 17.0 Å². The highest BCUT2D eigenvalue weighted by Gasteiger charge is 2.40. The Bertz CT molecular complexity index is 804. The van der Waals surface area contributed by atoms with Gasteiger partial charge in [-0.15, -0.1) is 0 Å². The maximum absolute atomic E-state index is 13.2. The van der Waals surface area contributed by atoms with Gasteiger partial charge in [0.2, 0.25) is 10.0 Å². The van der Waals surface area contributed by atoms with Crippen molar-refractivity contribution in [1.29, 1.82) is 0 Å². The normalized spacial score (nSPS) is 22.8. The van der Waals surface area contributed by atoms with E-state index < -0.39 is 10.0 Å². The van der Waals surface area contributed by atoms with Crippen molar-refractivity contribution in [2.75, 3.05) is 19.6 Å². The van der Waals surface area contributed by atoms with Gasteiger partial charge in [-0.2, -0.15) is 4.31 Å². The lowest BCUT2D eigenvalue weighted by Gasteiger charge is -2.41. The van der Waals surface area contributed by atoms with E-state index in [1.165, 1.54) is 18.4 Å². The van der Waals surface area contributed by atoms with Crippen molar-refractivity contribution in [2.24, 2.45) is 0 Å². The molecule has 2 aliphatic rings. The molecule has 0 N–H and O–H groups in total. The summed E-state index contributed by atoms with van der Waals surface area (Å²) in [6, 6.07) is 19.7. The van der Waals surface area contributed by atoms with Crippen molar-refractivity contribution in [3.63, 3.8) is 0 Å². The first-order chi connectivity index (χ1) is 12.1. The Morgan fingerprint density at radius 3 is 2.16 bits per heavy atom. The summed E-state index contributed by atoms with van der Waals surface area (Å²) in [6.45, 7) is 2.23. The van der Waals surface area contributed by atoms with Gasteiger partial charge in [0.15, 0.2) is 0 Å². The van der Waals surface area contributed by atoms with Gasteiger partial charge in [-0.25, -0.2) is 8.42 Å². The molecule has 25 heavy (non-hydrogen) atoms. The van der Waals surface area contributed by atoms with Crippen LogP contribution in [0.4, 0.5) is 0 Å². The van der Waals surface area contributed by atoms with Crippen molar-refractivity contribution >= 4 is 10.0 Å². The van der Waals surface area contributed by atoms with Crippen molar-refractivity contribution in [3.05, 3.63) is 66.2 Å². The highest BCUT2D eigenvalue weighted by atomic mass is 32.2. The molecule has 0 bridgehead atoms. The van der Waals surface area contributed by atoms with Crippen LogP contribution in [0.1, 0.15) is 18.4 Å². The SMILES string of the molecule is O=S(=O)(c1ccccc1)N1CCN(C2CC2)C[C@H]1Cc1ccccc1. The third-order valence-electron chi connectivity index (χ3n) is 5.19. The maximum Gasteiger partial charge on any atom is 0.243 e. The fraction of sp³-hybridized carbons (Fsp3) is 0.400. The Morgan fingerprint density at radius 1 is 0.880 bits per heavy atom. The molecule has 1 aliphatic heterocycles. The van der Waals surface area contributed by atoms with E-state index in [1.807, 2.05) is 24.3 Å². The molecule has 0 aromatic heterocycles. The molecule has 5 heteroatoms. The van der Waals surface area contributed by atoms with E-state index in [0.717, 1.165) is 19.5 Å². The summed E-state index contributed by atoms with van der Waals surface area (Å²) in [5.74, 6) is 0. The molecule has 0 spiro atoms. The molecular formula is C20H24N2O2S.